The summed E-state index contributed by atoms with van der Waals surface area (Å²) in [6, 6.07) is 18.4. The fraction of sp³-hybridized carbons (Fsp3) is 0.294. The summed E-state index contributed by atoms with van der Waals surface area (Å²) in [5.74, 6) is 0.959. The predicted octanol–water partition coefficient (Wildman–Crippen LogP) is 3.65. The first-order valence-corrected chi connectivity index (χ1v) is 8.00. The third kappa shape index (κ3) is 4.24. The largest absolute Gasteiger partial charge is 0.488 e. The van der Waals surface area contributed by atoms with Crippen molar-refractivity contribution in [3.8, 4) is 5.75 Å². The quantitative estimate of drug-likeness (QED) is 0.674. The summed E-state index contributed by atoms with van der Waals surface area (Å²) in [6.07, 6.45) is 1.03. The van der Waals surface area contributed by atoms with Crippen molar-refractivity contribution in [2.45, 2.75) is 24.0 Å². The van der Waals surface area contributed by atoms with Crippen molar-refractivity contribution in [2.75, 3.05) is 13.2 Å². The van der Waals surface area contributed by atoms with Gasteiger partial charge in [-0.05, 0) is 29.6 Å². The molecule has 2 aromatic carbocycles. The van der Waals surface area contributed by atoms with Crippen LogP contribution in [0.25, 0.3) is 0 Å². The van der Waals surface area contributed by atoms with Crippen molar-refractivity contribution < 1.29 is 9.47 Å². The van der Waals surface area contributed by atoms with Gasteiger partial charge in [-0.1, -0.05) is 42.5 Å². The van der Waals surface area contributed by atoms with Gasteiger partial charge in [0.2, 0.25) is 0 Å². The van der Waals surface area contributed by atoms with Crippen LogP contribution in [-0.2, 0) is 11.3 Å². The molecule has 0 saturated heterocycles. The van der Waals surface area contributed by atoms with E-state index in [4.69, 9.17) is 9.47 Å². The molecule has 1 N–H and O–H groups in total. The van der Waals surface area contributed by atoms with Crippen LogP contribution in [0.15, 0.2) is 59.5 Å². The Labute approximate surface area is 129 Å². The molecule has 1 aliphatic rings. The van der Waals surface area contributed by atoms with E-state index in [1.807, 2.05) is 36.4 Å². The van der Waals surface area contributed by atoms with Crippen molar-refractivity contribution in [3.05, 3.63) is 60.2 Å². The number of benzene rings is 2. The lowest BCUT2D eigenvalue weighted by Crippen LogP contribution is -2.27. The third-order valence-electron chi connectivity index (χ3n) is 3.33. The summed E-state index contributed by atoms with van der Waals surface area (Å²) in [6.45, 7) is 2.19. The average Bonchev–Trinajstić information content (AvgIpc) is 2.74. The molecule has 0 spiro atoms. The molecule has 3 rings (SSSR count). The Bertz CT molecular complexity index is 562. The van der Waals surface area contributed by atoms with Gasteiger partial charge in [-0.2, -0.15) is 0 Å². The standard InChI is InChI=1S/C17H19NO2S/c1-2-6-14(7-3-1)13-19-11-10-15-12-18-21-17-9-5-4-8-16(17)20-15/h1-9,15,18H,10-13H2. The normalized spacial score (nSPS) is 17.6. The van der Waals surface area contributed by atoms with Crippen LogP contribution in [0, 0.1) is 0 Å². The van der Waals surface area contributed by atoms with Crippen LogP contribution in [0.2, 0.25) is 0 Å². The highest BCUT2D eigenvalue weighted by Gasteiger charge is 2.17. The minimum absolute atomic E-state index is 0.150. The molecule has 3 nitrogen and oxygen atoms in total. The monoisotopic (exact) mass is 301 g/mol. The number of fused-ring (bicyclic) bond motifs is 1. The minimum Gasteiger partial charge on any atom is -0.488 e. The van der Waals surface area contributed by atoms with Crippen LogP contribution in [0.1, 0.15) is 12.0 Å². The molecule has 0 aliphatic carbocycles. The van der Waals surface area contributed by atoms with Gasteiger partial charge in [-0.25, -0.2) is 0 Å². The molecule has 1 unspecified atom stereocenters. The van der Waals surface area contributed by atoms with E-state index in [2.05, 4.69) is 22.9 Å². The number of rotatable bonds is 5. The third-order valence-corrected chi connectivity index (χ3v) is 4.20. The molecule has 0 amide bonds. The van der Waals surface area contributed by atoms with Gasteiger partial charge in [0, 0.05) is 13.0 Å². The highest BCUT2D eigenvalue weighted by Crippen LogP contribution is 2.30. The zero-order valence-corrected chi connectivity index (χ0v) is 12.6. The Balaban J connectivity index is 1.45. The van der Waals surface area contributed by atoms with Gasteiger partial charge in [-0.15, -0.1) is 0 Å². The lowest BCUT2D eigenvalue weighted by atomic mass is 10.2. The van der Waals surface area contributed by atoms with Gasteiger partial charge in [0.05, 0.1) is 18.1 Å². The fourth-order valence-corrected chi connectivity index (χ4v) is 2.99. The highest BCUT2D eigenvalue weighted by molar-refractivity contribution is 7.97. The molecular weight excluding hydrogens is 282 g/mol. The predicted molar refractivity (Wildman–Crippen MR) is 85.4 cm³/mol. The fourth-order valence-electron chi connectivity index (χ4n) is 2.21. The highest BCUT2D eigenvalue weighted by atomic mass is 32.2. The van der Waals surface area contributed by atoms with Gasteiger partial charge in [0.15, 0.2) is 0 Å². The molecule has 0 saturated carbocycles. The maximum Gasteiger partial charge on any atom is 0.134 e. The summed E-state index contributed by atoms with van der Waals surface area (Å²) in [5.41, 5.74) is 1.21. The van der Waals surface area contributed by atoms with E-state index in [1.165, 1.54) is 5.56 Å². The van der Waals surface area contributed by atoms with Crippen LogP contribution in [-0.4, -0.2) is 19.3 Å². The first kappa shape index (κ1) is 14.4. The number of ether oxygens (including phenoxy) is 2. The average molecular weight is 301 g/mol. The zero-order chi connectivity index (χ0) is 14.3. The molecule has 0 bridgehead atoms. The molecule has 1 heterocycles. The van der Waals surface area contributed by atoms with Crippen molar-refractivity contribution in [3.63, 3.8) is 0 Å². The Hall–Kier alpha value is -1.49. The molecular formula is C17H19NO2S. The van der Waals surface area contributed by atoms with Gasteiger partial charge in [0.1, 0.15) is 11.9 Å². The van der Waals surface area contributed by atoms with Crippen molar-refractivity contribution in [2.24, 2.45) is 0 Å². The van der Waals surface area contributed by atoms with Crippen molar-refractivity contribution in [1.82, 2.24) is 4.72 Å². The van der Waals surface area contributed by atoms with Crippen molar-refractivity contribution >= 4 is 11.9 Å². The summed E-state index contributed by atoms with van der Waals surface area (Å²) in [7, 11) is 0. The molecule has 0 radical (unpaired) electrons. The van der Waals surface area contributed by atoms with Crippen LogP contribution >= 0.6 is 11.9 Å². The second-order valence-electron chi connectivity index (χ2n) is 4.96. The van der Waals surface area contributed by atoms with E-state index in [-0.39, 0.29) is 6.10 Å². The molecule has 21 heavy (non-hydrogen) atoms. The van der Waals surface area contributed by atoms with Gasteiger partial charge < -0.3 is 9.47 Å². The van der Waals surface area contributed by atoms with Crippen LogP contribution in [0.3, 0.4) is 0 Å². The van der Waals surface area contributed by atoms with E-state index in [1.54, 1.807) is 11.9 Å². The molecule has 1 atom stereocenters. The molecule has 110 valence electrons. The van der Waals surface area contributed by atoms with Gasteiger partial charge in [-0.3, -0.25) is 4.72 Å². The molecule has 2 aromatic rings. The molecule has 1 aliphatic heterocycles. The minimum atomic E-state index is 0.150. The van der Waals surface area contributed by atoms with Gasteiger partial charge >= 0.3 is 0 Å². The van der Waals surface area contributed by atoms with E-state index in [0.29, 0.717) is 13.2 Å². The Morgan fingerprint density at radius 1 is 1.10 bits per heavy atom. The Morgan fingerprint density at radius 3 is 2.81 bits per heavy atom. The SMILES string of the molecule is c1ccc(COCCC2CNSc3ccccc3O2)cc1. The van der Waals surface area contributed by atoms with E-state index < -0.39 is 0 Å². The molecule has 0 fully saturated rings. The van der Waals surface area contributed by atoms with Crippen LogP contribution < -0.4 is 9.46 Å². The van der Waals surface area contributed by atoms with E-state index in [9.17, 15) is 0 Å². The topological polar surface area (TPSA) is 30.5 Å². The smallest absolute Gasteiger partial charge is 0.134 e. The first-order chi connectivity index (χ1) is 10.4. The van der Waals surface area contributed by atoms with E-state index >= 15 is 0 Å². The molecule has 0 aromatic heterocycles. The zero-order valence-electron chi connectivity index (χ0n) is 11.8. The van der Waals surface area contributed by atoms with Gasteiger partial charge in [0.25, 0.3) is 0 Å². The number of hydrogen-bond donors (Lipinski definition) is 1. The Morgan fingerprint density at radius 2 is 1.90 bits per heavy atom. The number of nitrogens with one attached hydrogen (secondary N) is 1. The van der Waals surface area contributed by atoms with Crippen LogP contribution in [0.5, 0.6) is 5.75 Å². The Kier molecular flexibility index (Phi) is 5.16. The number of hydrogen-bond acceptors (Lipinski definition) is 4. The number of para-hydroxylation sites is 1. The van der Waals surface area contributed by atoms with Crippen molar-refractivity contribution in [1.29, 1.82) is 0 Å². The molecule has 4 heteroatoms. The second-order valence-corrected chi connectivity index (χ2v) is 5.90. The lowest BCUT2D eigenvalue weighted by Gasteiger charge is -2.16. The summed E-state index contributed by atoms with van der Waals surface area (Å²) >= 11 is 1.63. The van der Waals surface area contributed by atoms with Crippen LogP contribution in [0.4, 0.5) is 0 Å². The maximum absolute atomic E-state index is 6.05. The summed E-state index contributed by atoms with van der Waals surface area (Å²) in [4.78, 5) is 1.14. The lowest BCUT2D eigenvalue weighted by molar-refractivity contribution is 0.0837. The first-order valence-electron chi connectivity index (χ1n) is 7.19. The summed E-state index contributed by atoms with van der Waals surface area (Å²) < 4.78 is 15.1. The second kappa shape index (κ2) is 7.50. The van der Waals surface area contributed by atoms with E-state index in [0.717, 1.165) is 23.6 Å². The summed E-state index contributed by atoms with van der Waals surface area (Å²) in [5, 5.41) is 0. The maximum atomic E-state index is 6.05.